The van der Waals surface area contributed by atoms with Gasteiger partial charge in [-0.2, -0.15) is 0 Å². The van der Waals surface area contributed by atoms with Gasteiger partial charge in [0, 0.05) is 6.54 Å². The highest BCUT2D eigenvalue weighted by Gasteiger charge is 2.38. The Kier molecular flexibility index (Phi) is 6.82. The molecule has 2 fully saturated rings. The van der Waals surface area contributed by atoms with E-state index < -0.39 is 5.60 Å². The molecule has 156 valence electrons. The zero-order valence-corrected chi connectivity index (χ0v) is 17.9. The largest absolute Gasteiger partial charge is 0.465 e. The summed E-state index contributed by atoms with van der Waals surface area (Å²) in [6, 6.07) is 7.96. The van der Waals surface area contributed by atoms with Crippen molar-refractivity contribution in [1.29, 1.82) is 0 Å². The van der Waals surface area contributed by atoms with Crippen molar-refractivity contribution >= 4 is 5.97 Å². The molecule has 4 heteroatoms. The van der Waals surface area contributed by atoms with Gasteiger partial charge in [0.25, 0.3) is 0 Å². The lowest BCUT2D eigenvalue weighted by atomic mass is 9.68. The van der Waals surface area contributed by atoms with Gasteiger partial charge in [-0.3, -0.25) is 0 Å². The predicted octanol–water partition coefficient (Wildman–Crippen LogP) is 4.55. The van der Waals surface area contributed by atoms with Crippen molar-refractivity contribution in [2.24, 2.45) is 5.92 Å². The number of methoxy groups -OCH3 is 1. The van der Waals surface area contributed by atoms with Gasteiger partial charge < -0.3 is 14.7 Å². The van der Waals surface area contributed by atoms with Gasteiger partial charge in [-0.1, -0.05) is 45.2 Å². The first kappa shape index (κ1) is 21.3. The Morgan fingerprint density at radius 1 is 1.25 bits per heavy atom. The summed E-state index contributed by atoms with van der Waals surface area (Å²) in [6.07, 6.45) is 8.72. The van der Waals surface area contributed by atoms with Crippen molar-refractivity contribution in [2.75, 3.05) is 26.7 Å². The molecule has 28 heavy (non-hydrogen) atoms. The Morgan fingerprint density at radius 3 is 2.68 bits per heavy atom. The molecule has 0 spiro atoms. The van der Waals surface area contributed by atoms with Crippen LogP contribution in [-0.2, 0) is 10.2 Å². The summed E-state index contributed by atoms with van der Waals surface area (Å²) in [4.78, 5) is 14.5. The van der Waals surface area contributed by atoms with E-state index in [1.54, 1.807) is 0 Å². The van der Waals surface area contributed by atoms with Crippen LogP contribution in [0.3, 0.4) is 0 Å². The number of esters is 1. The first-order valence-corrected chi connectivity index (χ1v) is 11.0. The van der Waals surface area contributed by atoms with Crippen LogP contribution in [0.1, 0.15) is 81.1 Å². The van der Waals surface area contributed by atoms with E-state index in [2.05, 4.69) is 24.8 Å². The molecule has 1 aliphatic heterocycles. The standard InChI is InChI=1S/C24H37NO3/c1-19-18-25(15-8-13-24(27)11-5-4-6-12-24)16-14-23(19,2)21-10-7-9-20(17-21)22(26)28-3/h7,9-10,17,19,27H,4-6,8,11-16,18H2,1-3H3. The van der Waals surface area contributed by atoms with Crippen molar-refractivity contribution < 1.29 is 14.6 Å². The van der Waals surface area contributed by atoms with Gasteiger partial charge in [0.1, 0.15) is 0 Å². The van der Waals surface area contributed by atoms with Crippen molar-refractivity contribution in [1.82, 2.24) is 4.90 Å². The highest BCUT2D eigenvalue weighted by Crippen LogP contribution is 2.40. The summed E-state index contributed by atoms with van der Waals surface area (Å²) in [7, 11) is 1.43. The maximum atomic E-state index is 11.9. The van der Waals surface area contributed by atoms with Crippen LogP contribution in [0.25, 0.3) is 0 Å². The summed E-state index contributed by atoms with van der Waals surface area (Å²) in [6.45, 7) is 7.87. The number of hydrogen-bond donors (Lipinski definition) is 1. The van der Waals surface area contributed by atoms with E-state index in [1.807, 2.05) is 18.2 Å². The minimum Gasteiger partial charge on any atom is -0.465 e. The molecule has 1 aliphatic carbocycles. The third-order valence-electron chi connectivity index (χ3n) is 7.41. The van der Waals surface area contributed by atoms with Crippen molar-refractivity contribution in [3.8, 4) is 0 Å². The highest BCUT2D eigenvalue weighted by molar-refractivity contribution is 5.89. The number of ether oxygens (including phenoxy) is 1. The summed E-state index contributed by atoms with van der Waals surface area (Å²) >= 11 is 0. The molecule has 1 saturated heterocycles. The second kappa shape index (κ2) is 8.96. The molecule has 1 saturated carbocycles. The smallest absolute Gasteiger partial charge is 0.337 e. The maximum absolute atomic E-state index is 11.9. The minimum atomic E-state index is -0.400. The molecule has 0 bridgehead atoms. The van der Waals surface area contributed by atoms with Crippen molar-refractivity contribution in [2.45, 2.75) is 76.2 Å². The number of carbonyl (C=O) groups is 1. The van der Waals surface area contributed by atoms with Gasteiger partial charge in [0.2, 0.25) is 0 Å². The zero-order valence-electron chi connectivity index (χ0n) is 17.9. The lowest BCUT2D eigenvalue weighted by Gasteiger charge is -2.45. The average Bonchev–Trinajstić information content (AvgIpc) is 2.70. The van der Waals surface area contributed by atoms with Crippen LogP contribution in [0.2, 0.25) is 0 Å². The van der Waals surface area contributed by atoms with E-state index >= 15 is 0 Å². The molecule has 0 aromatic heterocycles. The van der Waals surface area contributed by atoms with E-state index in [-0.39, 0.29) is 11.4 Å². The number of nitrogens with zero attached hydrogens (tertiary/aromatic N) is 1. The number of aliphatic hydroxyl groups is 1. The lowest BCUT2D eigenvalue weighted by Crippen LogP contribution is -2.47. The molecule has 1 heterocycles. The first-order chi connectivity index (χ1) is 13.4. The summed E-state index contributed by atoms with van der Waals surface area (Å²) in [5, 5.41) is 10.7. The second-order valence-electron chi connectivity index (χ2n) is 9.33. The molecule has 2 atom stereocenters. The molecule has 1 aromatic rings. The Labute approximate surface area is 170 Å². The van der Waals surface area contributed by atoms with Crippen LogP contribution in [0.15, 0.2) is 24.3 Å². The van der Waals surface area contributed by atoms with Crippen LogP contribution in [0.4, 0.5) is 0 Å². The molecule has 1 aromatic carbocycles. The number of rotatable bonds is 6. The number of likely N-dealkylation sites (tertiary alicyclic amines) is 1. The average molecular weight is 388 g/mol. The van der Waals surface area contributed by atoms with Gasteiger partial charge in [-0.05, 0) is 74.2 Å². The minimum absolute atomic E-state index is 0.0715. The fraction of sp³-hybridized carbons (Fsp3) is 0.708. The number of carbonyl (C=O) groups excluding carboxylic acids is 1. The predicted molar refractivity (Wildman–Crippen MR) is 113 cm³/mol. The Morgan fingerprint density at radius 2 is 2.00 bits per heavy atom. The quantitative estimate of drug-likeness (QED) is 0.728. The molecular formula is C24H37NO3. The molecular weight excluding hydrogens is 350 g/mol. The molecule has 0 amide bonds. The highest BCUT2D eigenvalue weighted by atomic mass is 16.5. The molecule has 2 unspecified atom stereocenters. The zero-order chi connectivity index (χ0) is 20.2. The third kappa shape index (κ3) is 4.77. The van der Waals surface area contributed by atoms with Crippen LogP contribution < -0.4 is 0 Å². The van der Waals surface area contributed by atoms with Gasteiger partial charge in [0.05, 0.1) is 18.3 Å². The van der Waals surface area contributed by atoms with Crippen LogP contribution in [0, 0.1) is 5.92 Å². The number of hydrogen-bond acceptors (Lipinski definition) is 4. The van der Waals surface area contributed by atoms with Crippen LogP contribution in [0.5, 0.6) is 0 Å². The fourth-order valence-electron chi connectivity index (χ4n) is 5.16. The van der Waals surface area contributed by atoms with Crippen LogP contribution >= 0.6 is 0 Å². The third-order valence-corrected chi connectivity index (χ3v) is 7.41. The van der Waals surface area contributed by atoms with E-state index in [4.69, 9.17) is 4.74 Å². The Balaban J connectivity index is 1.56. The van der Waals surface area contributed by atoms with E-state index in [1.165, 1.54) is 31.9 Å². The van der Waals surface area contributed by atoms with E-state index in [0.29, 0.717) is 11.5 Å². The molecule has 1 N–H and O–H groups in total. The molecule has 3 rings (SSSR count). The van der Waals surface area contributed by atoms with Gasteiger partial charge in [-0.25, -0.2) is 4.79 Å². The summed E-state index contributed by atoms with van der Waals surface area (Å²) < 4.78 is 4.89. The Bertz CT molecular complexity index is 668. The molecule has 2 aliphatic rings. The van der Waals surface area contributed by atoms with Gasteiger partial charge in [-0.15, -0.1) is 0 Å². The lowest BCUT2D eigenvalue weighted by molar-refractivity contribution is -0.00895. The van der Waals surface area contributed by atoms with Crippen molar-refractivity contribution in [3.05, 3.63) is 35.4 Å². The van der Waals surface area contributed by atoms with Crippen molar-refractivity contribution in [3.63, 3.8) is 0 Å². The monoisotopic (exact) mass is 387 g/mol. The van der Waals surface area contributed by atoms with Gasteiger partial charge >= 0.3 is 5.97 Å². The number of piperidine rings is 1. The topological polar surface area (TPSA) is 49.8 Å². The Hall–Kier alpha value is -1.39. The first-order valence-electron chi connectivity index (χ1n) is 11.0. The SMILES string of the molecule is COC(=O)c1cccc(C2(C)CCN(CCCC3(O)CCCCC3)CC2C)c1. The van der Waals surface area contributed by atoms with E-state index in [0.717, 1.165) is 51.7 Å². The summed E-state index contributed by atoms with van der Waals surface area (Å²) in [5.41, 5.74) is 1.54. The van der Waals surface area contributed by atoms with Gasteiger partial charge in [0.15, 0.2) is 0 Å². The summed E-state index contributed by atoms with van der Waals surface area (Å²) in [5.74, 6) is 0.239. The van der Waals surface area contributed by atoms with E-state index in [9.17, 15) is 9.90 Å². The maximum Gasteiger partial charge on any atom is 0.337 e. The number of benzene rings is 1. The molecule has 4 nitrogen and oxygen atoms in total. The second-order valence-corrected chi connectivity index (χ2v) is 9.33. The normalized spacial score (nSPS) is 28.1. The fourth-order valence-corrected chi connectivity index (χ4v) is 5.16. The van der Waals surface area contributed by atoms with Crippen LogP contribution in [-0.4, -0.2) is 48.3 Å². The molecule has 0 radical (unpaired) electrons.